The molecule has 0 atom stereocenters. The molecule has 1 aromatic carbocycles. The Kier molecular flexibility index (Phi) is 4.84. The molecule has 0 heterocycles. The highest BCUT2D eigenvalue weighted by Crippen LogP contribution is 2.08. The fraction of sp³-hybridized carbons (Fsp3) is 0.417. The Morgan fingerprint density at radius 2 is 2.00 bits per heavy atom. The predicted octanol–water partition coefficient (Wildman–Crippen LogP) is 1.94. The van der Waals surface area contributed by atoms with Crippen molar-refractivity contribution in [3.63, 3.8) is 0 Å². The second-order valence-corrected chi connectivity index (χ2v) is 3.33. The molecule has 0 bridgehead atoms. The molecule has 0 saturated carbocycles. The van der Waals surface area contributed by atoms with Crippen molar-refractivity contribution in [2.24, 2.45) is 0 Å². The average molecular weight is 208 g/mol. The zero-order valence-corrected chi connectivity index (χ0v) is 9.16. The summed E-state index contributed by atoms with van der Waals surface area (Å²) < 4.78 is 9.62. The third-order valence-electron chi connectivity index (χ3n) is 2.15. The van der Waals surface area contributed by atoms with E-state index < -0.39 is 0 Å². The van der Waals surface area contributed by atoms with Gasteiger partial charge in [0, 0.05) is 13.5 Å². The lowest BCUT2D eigenvalue weighted by Gasteiger charge is -2.04. The van der Waals surface area contributed by atoms with Crippen LogP contribution in [0.1, 0.15) is 17.5 Å². The minimum atomic E-state index is -0.174. The summed E-state index contributed by atoms with van der Waals surface area (Å²) in [5, 5.41) is 0. The van der Waals surface area contributed by atoms with Crippen molar-refractivity contribution in [3.8, 4) is 0 Å². The van der Waals surface area contributed by atoms with Crippen LogP contribution in [0.25, 0.3) is 0 Å². The zero-order valence-electron chi connectivity index (χ0n) is 9.16. The second-order valence-electron chi connectivity index (χ2n) is 3.33. The van der Waals surface area contributed by atoms with Crippen LogP contribution in [0.3, 0.4) is 0 Å². The number of hydrogen-bond acceptors (Lipinski definition) is 3. The number of carbonyl (C=O) groups excluding carboxylic acids is 1. The third kappa shape index (κ3) is 4.13. The third-order valence-corrected chi connectivity index (χ3v) is 2.15. The second kappa shape index (κ2) is 6.19. The monoisotopic (exact) mass is 208 g/mol. The number of benzene rings is 1. The molecular formula is C12H16O3. The number of ether oxygens (including phenoxy) is 2. The fourth-order valence-electron chi connectivity index (χ4n) is 1.39. The van der Waals surface area contributed by atoms with E-state index in [0.29, 0.717) is 19.4 Å². The highest BCUT2D eigenvalue weighted by molar-refractivity contribution is 5.69. The Morgan fingerprint density at radius 1 is 1.27 bits per heavy atom. The summed E-state index contributed by atoms with van der Waals surface area (Å²) in [4.78, 5) is 10.9. The van der Waals surface area contributed by atoms with Crippen molar-refractivity contribution in [2.75, 3.05) is 14.2 Å². The van der Waals surface area contributed by atoms with Gasteiger partial charge < -0.3 is 9.47 Å². The molecule has 0 unspecified atom stereocenters. The maximum Gasteiger partial charge on any atom is 0.305 e. The molecule has 0 radical (unpaired) electrons. The quantitative estimate of drug-likeness (QED) is 0.694. The van der Waals surface area contributed by atoms with E-state index in [1.54, 1.807) is 7.11 Å². The molecule has 3 heteroatoms. The van der Waals surface area contributed by atoms with Crippen molar-refractivity contribution in [1.29, 1.82) is 0 Å². The number of carbonyl (C=O) groups is 1. The van der Waals surface area contributed by atoms with Gasteiger partial charge >= 0.3 is 5.97 Å². The molecule has 0 amide bonds. The summed E-state index contributed by atoms with van der Waals surface area (Å²) in [6.07, 6.45) is 1.14. The highest BCUT2D eigenvalue weighted by Gasteiger charge is 2.01. The first kappa shape index (κ1) is 11.7. The average Bonchev–Trinajstić information content (AvgIpc) is 2.27. The van der Waals surface area contributed by atoms with E-state index in [1.165, 1.54) is 7.11 Å². The topological polar surface area (TPSA) is 35.5 Å². The van der Waals surface area contributed by atoms with E-state index in [0.717, 1.165) is 11.1 Å². The van der Waals surface area contributed by atoms with Gasteiger partial charge in [0.1, 0.15) is 0 Å². The van der Waals surface area contributed by atoms with Gasteiger partial charge in [-0.1, -0.05) is 24.3 Å². The number of methoxy groups -OCH3 is 2. The van der Waals surface area contributed by atoms with E-state index in [2.05, 4.69) is 4.74 Å². The molecule has 0 fully saturated rings. The van der Waals surface area contributed by atoms with Gasteiger partial charge in [0.05, 0.1) is 13.7 Å². The predicted molar refractivity (Wildman–Crippen MR) is 57.5 cm³/mol. The molecule has 0 aliphatic carbocycles. The minimum Gasteiger partial charge on any atom is -0.469 e. The molecule has 0 saturated heterocycles. The Balaban J connectivity index is 2.53. The van der Waals surface area contributed by atoms with E-state index in [4.69, 9.17) is 4.74 Å². The van der Waals surface area contributed by atoms with Crippen molar-refractivity contribution in [2.45, 2.75) is 19.4 Å². The van der Waals surface area contributed by atoms with Gasteiger partial charge in [-0.05, 0) is 17.5 Å². The largest absolute Gasteiger partial charge is 0.469 e. The molecule has 0 N–H and O–H groups in total. The van der Waals surface area contributed by atoms with Gasteiger partial charge in [-0.15, -0.1) is 0 Å². The number of rotatable bonds is 5. The maximum atomic E-state index is 10.9. The van der Waals surface area contributed by atoms with Gasteiger partial charge in [-0.3, -0.25) is 4.79 Å². The zero-order chi connectivity index (χ0) is 11.1. The summed E-state index contributed by atoms with van der Waals surface area (Å²) in [7, 11) is 3.07. The van der Waals surface area contributed by atoms with E-state index in [-0.39, 0.29) is 5.97 Å². The lowest BCUT2D eigenvalue weighted by atomic mass is 10.1. The Hall–Kier alpha value is -1.35. The van der Waals surface area contributed by atoms with Gasteiger partial charge in [0.2, 0.25) is 0 Å². The van der Waals surface area contributed by atoms with Crippen molar-refractivity contribution in [3.05, 3.63) is 35.4 Å². The summed E-state index contributed by atoms with van der Waals surface area (Å²) in [5.74, 6) is -0.174. The van der Waals surface area contributed by atoms with Crippen LogP contribution in [0.5, 0.6) is 0 Å². The van der Waals surface area contributed by atoms with Crippen LogP contribution in [0.4, 0.5) is 0 Å². The van der Waals surface area contributed by atoms with E-state index in [1.807, 2.05) is 24.3 Å². The maximum absolute atomic E-state index is 10.9. The summed E-state index contributed by atoms with van der Waals surface area (Å²) in [6.45, 7) is 0.603. The van der Waals surface area contributed by atoms with E-state index in [9.17, 15) is 4.79 Å². The Morgan fingerprint density at radius 3 is 2.67 bits per heavy atom. The summed E-state index contributed by atoms with van der Waals surface area (Å²) >= 11 is 0. The summed E-state index contributed by atoms with van der Waals surface area (Å²) in [5.41, 5.74) is 2.26. The van der Waals surface area contributed by atoms with Crippen LogP contribution in [0.2, 0.25) is 0 Å². The summed E-state index contributed by atoms with van der Waals surface area (Å²) in [6, 6.07) is 8.03. The smallest absolute Gasteiger partial charge is 0.305 e. The van der Waals surface area contributed by atoms with Crippen molar-refractivity contribution < 1.29 is 14.3 Å². The SMILES string of the molecule is COCc1cccc(CCC(=O)OC)c1. The number of aryl methyl sites for hydroxylation is 1. The van der Waals surface area contributed by atoms with Gasteiger partial charge in [-0.2, -0.15) is 0 Å². The number of hydrogen-bond donors (Lipinski definition) is 0. The molecule has 0 spiro atoms. The molecule has 0 aliphatic heterocycles. The van der Waals surface area contributed by atoms with Gasteiger partial charge in [0.15, 0.2) is 0 Å². The first-order chi connectivity index (χ1) is 7.26. The lowest BCUT2D eigenvalue weighted by Crippen LogP contribution is -2.02. The van der Waals surface area contributed by atoms with Crippen molar-refractivity contribution >= 4 is 5.97 Å². The lowest BCUT2D eigenvalue weighted by molar-refractivity contribution is -0.140. The van der Waals surface area contributed by atoms with Crippen LogP contribution >= 0.6 is 0 Å². The van der Waals surface area contributed by atoms with E-state index >= 15 is 0 Å². The minimum absolute atomic E-state index is 0.174. The molecule has 15 heavy (non-hydrogen) atoms. The van der Waals surface area contributed by atoms with Crippen LogP contribution in [-0.4, -0.2) is 20.2 Å². The normalized spacial score (nSPS) is 10.0. The molecule has 3 nitrogen and oxygen atoms in total. The van der Waals surface area contributed by atoms with Gasteiger partial charge in [-0.25, -0.2) is 0 Å². The Labute approximate surface area is 90.0 Å². The van der Waals surface area contributed by atoms with Crippen molar-refractivity contribution in [1.82, 2.24) is 0 Å². The number of esters is 1. The first-order valence-electron chi connectivity index (χ1n) is 4.90. The van der Waals surface area contributed by atoms with Gasteiger partial charge in [0.25, 0.3) is 0 Å². The molecule has 1 aromatic rings. The van der Waals surface area contributed by atoms with Crippen LogP contribution in [0, 0.1) is 0 Å². The van der Waals surface area contributed by atoms with Crippen LogP contribution in [0.15, 0.2) is 24.3 Å². The molecule has 1 rings (SSSR count). The molecule has 0 aliphatic rings. The fourth-order valence-corrected chi connectivity index (χ4v) is 1.39. The molecule has 0 aromatic heterocycles. The Bertz CT molecular complexity index is 320. The first-order valence-corrected chi connectivity index (χ1v) is 4.90. The highest BCUT2D eigenvalue weighted by atomic mass is 16.5. The van der Waals surface area contributed by atoms with Crippen LogP contribution in [-0.2, 0) is 27.3 Å². The molecule has 82 valence electrons. The van der Waals surface area contributed by atoms with Crippen LogP contribution < -0.4 is 0 Å². The standard InChI is InChI=1S/C12H16O3/c1-14-9-11-5-3-4-10(8-11)6-7-12(13)15-2/h3-5,8H,6-7,9H2,1-2H3. The molecular weight excluding hydrogens is 192 g/mol.